The van der Waals surface area contributed by atoms with E-state index in [2.05, 4.69) is 34.4 Å². The Bertz CT molecular complexity index is 1290. The van der Waals surface area contributed by atoms with Gasteiger partial charge in [0.1, 0.15) is 0 Å². The molecule has 1 aromatic heterocycles. The number of nitrogen functional groups attached to an aromatic ring is 1. The third-order valence-electron chi connectivity index (χ3n) is 6.17. The lowest BCUT2D eigenvalue weighted by Gasteiger charge is -2.26. The highest BCUT2D eigenvalue weighted by Gasteiger charge is 2.36. The molecule has 5 rings (SSSR count). The van der Waals surface area contributed by atoms with Gasteiger partial charge in [0.25, 0.3) is 5.56 Å². The predicted octanol–water partition coefficient (Wildman–Crippen LogP) is 4.33. The Hall–Kier alpha value is -3.90. The molecule has 2 heterocycles. The first kappa shape index (κ1) is 21.0. The second-order valence-electron chi connectivity index (χ2n) is 8.58. The van der Waals surface area contributed by atoms with Crippen molar-refractivity contribution in [2.45, 2.75) is 18.6 Å². The van der Waals surface area contributed by atoms with Crippen molar-refractivity contribution in [3.63, 3.8) is 0 Å². The fraction of sp³-hybridized carbons (Fsp3) is 0.185. The number of nitrogens with two attached hydrogens (primary N) is 1. The molecule has 3 aromatic carbocycles. The Labute approximate surface area is 193 Å². The predicted molar refractivity (Wildman–Crippen MR) is 133 cm³/mol. The molecule has 0 fully saturated rings. The first-order valence-corrected chi connectivity index (χ1v) is 11.1. The Morgan fingerprint density at radius 2 is 1.64 bits per heavy atom. The number of likely N-dealkylation sites (N-methyl/N-ethyl adjacent to an activating group) is 1. The number of nitrogens with zero attached hydrogens (tertiary/aromatic N) is 3. The minimum atomic E-state index is -0.124. The minimum absolute atomic E-state index is 0.0326. The van der Waals surface area contributed by atoms with Gasteiger partial charge in [0.15, 0.2) is 0 Å². The molecule has 2 unspecified atom stereocenters. The normalized spacial score (nSPS) is 17.0. The van der Waals surface area contributed by atoms with Crippen molar-refractivity contribution < 1.29 is 0 Å². The summed E-state index contributed by atoms with van der Waals surface area (Å²) in [5.74, 6) is 0.597. The van der Waals surface area contributed by atoms with Crippen LogP contribution in [-0.2, 0) is 6.54 Å². The zero-order valence-electron chi connectivity index (χ0n) is 18.6. The molecule has 6 heteroatoms. The third kappa shape index (κ3) is 4.25. The summed E-state index contributed by atoms with van der Waals surface area (Å²) in [6.45, 7) is 1.48. The van der Waals surface area contributed by atoms with E-state index in [0.29, 0.717) is 23.7 Å². The minimum Gasteiger partial charge on any atom is -0.399 e. The first-order chi connectivity index (χ1) is 16.1. The molecule has 6 nitrogen and oxygen atoms in total. The molecular formula is C27H27N5O. The highest BCUT2D eigenvalue weighted by molar-refractivity contribution is 5.62. The van der Waals surface area contributed by atoms with E-state index < -0.39 is 0 Å². The number of fused-ring (bicyclic) bond motifs is 1. The maximum atomic E-state index is 13.7. The van der Waals surface area contributed by atoms with Crippen molar-refractivity contribution in [2.24, 2.45) is 0 Å². The van der Waals surface area contributed by atoms with Crippen LogP contribution >= 0.6 is 0 Å². The number of benzene rings is 3. The summed E-state index contributed by atoms with van der Waals surface area (Å²) in [4.78, 5) is 20.6. The maximum Gasteiger partial charge on any atom is 0.263 e. The zero-order valence-corrected chi connectivity index (χ0v) is 18.6. The van der Waals surface area contributed by atoms with Crippen molar-refractivity contribution in [3.05, 3.63) is 113 Å². The summed E-state index contributed by atoms with van der Waals surface area (Å²) in [7, 11) is 2.09. The Morgan fingerprint density at radius 3 is 2.33 bits per heavy atom. The number of rotatable bonds is 6. The molecule has 4 aromatic rings. The fourth-order valence-electron chi connectivity index (χ4n) is 4.56. The van der Waals surface area contributed by atoms with Crippen molar-refractivity contribution in [1.29, 1.82) is 0 Å². The van der Waals surface area contributed by atoms with E-state index >= 15 is 0 Å². The summed E-state index contributed by atoms with van der Waals surface area (Å²) in [6.07, 6.45) is 1.67. The highest BCUT2D eigenvalue weighted by atomic mass is 16.1. The van der Waals surface area contributed by atoms with Gasteiger partial charge < -0.3 is 11.1 Å². The number of hydrogen-bond donors (Lipinski definition) is 2. The molecule has 0 aliphatic carbocycles. The lowest BCUT2D eigenvalue weighted by Crippen LogP contribution is -2.34. The molecule has 3 N–H and O–H groups in total. The average Bonchev–Trinajstić information content (AvgIpc) is 3.20. The second kappa shape index (κ2) is 8.92. The van der Waals surface area contributed by atoms with Gasteiger partial charge in [-0.3, -0.25) is 14.3 Å². The van der Waals surface area contributed by atoms with Crippen LogP contribution in [0.4, 0.5) is 11.6 Å². The Kier molecular flexibility index (Phi) is 5.67. The van der Waals surface area contributed by atoms with Crippen LogP contribution in [0.25, 0.3) is 11.1 Å². The molecule has 1 aliphatic heterocycles. The summed E-state index contributed by atoms with van der Waals surface area (Å²) in [6, 6.07) is 27.7. The van der Waals surface area contributed by atoms with Crippen LogP contribution in [0.2, 0.25) is 0 Å². The Balaban J connectivity index is 1.53. The summed E-state index contributed by atoms with van der Waals surface area (Å²) in [5, 5.41) is 3.49. The quantitative estimate of drug-likeness (QED) is 0.439. The van der Waals surface area contributed by atoms with Gasteiger partial charge in [-0.1, -0.05) is 72.8 Å². The van der Waals surface area contributed by atoms with Crippen LogP contribution in [0.15, 0.2) is 95.9 Å². The van der Waals surface area contributed by atoms with Gasteiger partial charge in [0.2, 0.25) is 5.95 Å². The standard InChI is InChI=1S/C27H27N5O/c1-31(17-19-8-4-2-5-9-19)18-24-25(21-12-14-22(28)15-13-21)30-27-29-16-23(26(33)32(24)27)20-10-6-3-7-11-20/h2-16,24-25H,17-18,28H2,1H3,(H,29,30). The summed E-state index contributed by atoms with van der Waals surface area (Å²) >= 11 is 0. The SMILES string of the molecule is CN(Cc1ccccc1)CC1C(c2ccc(N)cc2)Nc2ncc(-c3ccccc3)c(=O)n21. The van der Waals surface area contributed by atoms with Crippen LogP contribution in [0.5, 0.6) is 0 Å². The van der Waals surface area contributed by atoms with E-state index in [0.717, 1.165) is 17.7 Å². The highest BCUT2D eigenvalue weighted by Crippen LogP contribution is 2.37. The number of anilines is 2. The van der Waals surface area contributed by atoms with E-state index in [4.69, 9.17) is 5.73 Å². The smallest absolute Gasteiger partial charge is 0.263 e. The molecule has 0 bridgehead atoms. The van der Waals surface area contributed by atoms with E-state index in [1.165, 1.54) is 5.56 Å². The van der Waals surface area contributed by atoms with E-state index in [1.54, 1.807) is 6.20 Å². The molecule has 0 amide bonds. The third-order valence-corrected chi connectivity index (χ3v) is 6.17. The molecule has 0 spiro atoms. The summed E-state index contributed by atoms with van der Waals surface area (Å²) in [5.41, 5.74) is 10.4. The van der Waals surface area contributed by atoms with E-state index in [1.807, 2.05) is 77.4 Å². The monoisotopic (exact) mass is 437 g/mol. The van der Waals surface area contributed by atoms with Gasteiger partial charge in [-0.25, -0.2) is 4.98 Å². The molecule has 0 saturated carbocycles. The fourth-order valence-corrected chi connectivity index (χ4v) is 4.56. The van der Waals surface area contributed by atoms with Gasteiger partial charge >= 0.3 is 0 Å². The molecule has 1 aliphatic rings. The first-order valence-electron chi connectivity index (χ1n) is 11.1. The van der Waals surface area contributed by atoms with Crippen LogP contribution in [0.1, 0.15) is 23.2 Å². The van der Waals surface area contributed by atoms with Gasteiger partial charge in [0, 0.05) is 25.0 Å². The van der Waals surface area contributed by atoms with Crippen molar-refractivity contribution >= 4 is 11.6 Å². The Morgan fingerprint density at radius 1 is 0.970 bits per heavy atom. The van der Waals surface area contributed by atoms with E-state index in [-0.39, 0.29) is 17.6 Å². The van der Waals surface area contributed by atoms with Crippen molar-refractivity contribution in [2.75, 3.05) is 24.6 Å². The van der Waals surface area contributed by atoms with Crippen molar-refractivity contribution in [3.8, 4) is 11.1 Å². The number of hydrogen-bond acceptors (Lipinski definition) is 5. The van der Waals surface area contributed by atoms with Crippen molar-refractivity contribution in [1.82, 2.24) is 14.5 Å². The molecule has 33 heavy (non-hydrogen) atoms. The zero-order chi connectivity index (χ0) is 22.8. The molecule has 2 atom stereocenters. The topological polar surface area (TPSA) is 76.2 Å². The molecule has 0 saturated heterocycles. The van der Waals surface area contributed by atoms with Crippen LogP contribution in [0.3, 0.4) is 0 Å². The second-order valence-corrected chi connectivity index (χ2v) is 8.58. The lowest BCUT2D eigenvalue weighted by molar-refractivity contribution is 0.262. The molecule has 166 valence electrons. The van der Waals surface area contributed by atoms with E-state index in [9.17, 15) is 4.79 Å². The van der Waals surface area contributed by atoms with Gasteiger partial charge in [-0.05, 0) is 35.9 Å². The maximum absolute atomic E-state index is 13.7. The summed E-state index contributed by atoms with van der Waals surface area (Å²) < 4.78 is 1.82. The lowest BCUT2D eigenvalue weighted by atomic mass is 9.99. The largest absolute Gasteiger partial charge is 0.399 e. The number of aromatic nitrogens is 2. The van der Waals surface area contributed by atoms with Crippen LogP contribution in [0, 0.1) is 0 Å². The van der Waals surface area contributed by atoms with Gasteiger partial charge in [-0.2, -0.15) is 0 Å². The van der Waals surface area contributed by atoms with Crippen LogP contribution in [-0.4, -0.2) is 28.0 Å². The molecule has 0 radical (unpaired) electrons. The van der Waals surface area contributed by atoms with Crippen LogP contribution < -0.4 is 16.6 Å². The molecular weight excluding hydrogens is 410 g/mol. The van der Waals surface area contributed by atoms with Gasteiger partial charge in [0.05, 0.1) is 17.6 Å². The number of nitrogens with one attached hydrogen (secondary N) is 1. The average molecular weight is 438 g/mol. The van der Waals surface area contributed by atoms with Gasteiger partial charge in [-0.15, -0.1) is 0 Å².